The Morgan fingerprint density at radius 2 is 2.05 bits per heavy atom. The number of hydrogen-bond acceptors (Lipinski definition) is 6. The molecule has 0 aliphatic rings. The van der Waals surface area contributed by atoms with Crippen molar-refractivity contribution in [3.05, 3.63) is 40.3 Å². The van der Waals surface area contributed by atoms with Crippen LogP contribution in [0.5, 0.6) is 0 Å². The van der Waals surface area contributed by atoms with Gasteiger partial charge in [-0.2, -0.15) is 0 Å². The monoisotopic (exact) mass is 262 g/mol. The molecule has 0 amide bonds. The summed E-state index contributed by atoms with van der Waals surface area (Å²) < 4.78 is 5.50. The molecular formula is C12H14N4O3. The van der Waals surface area contributed by atoms with E-state index in [1.807, 2.05) is 7.05 Å². The molecule has 0 aliphatic heterocycles. The number of hydrogen-bond donors (Lipinski definition) is 1. The van der Waals surface area contributed by atoms with E-state index in [4.69, 9.17) is 4.42 Å². The standard InChI is InChI=1S/C12H14N4O3/c1-13-8-2-3-11-14-15-12(19-11)9-4-6-10(7-5-9)16(17)18/h4-7,13H,2-3,8H2,1H3. The van der Waals surface area contributed by atoms with E-state index >= 15 is 0 Å². The Kier molecular flexibility index (Phi) is 4.19. The number of non-ortho nitro benzene ring substituents is 1. The molecule has 0 saturated carbocycles. The van der Waals surface area contributed by atoms with E-state index in [2.05, 4.69) is 15.5 Å². The first kappa shape index (κ1) is 13.2. The minimum Gasteiger partial charge on any atom is -0.421 e. The molecule has 0 unspecified atom stereocenters. The van der Waals surface area contributed by atoms with Gasteiger partial charge in [0.25, 0.3) is 5.69 Å². The Labute approximate surface area is 109 Å². The van der Waals surface area contributed by atoms with Crippen LogP contribution in [-0.2, 0) is 6.42 Å². The van der Waals surface area contributed by atoms with Crippen molar-refractivity contribution in [2.45, 2.75) is 12.8 Å². The molecule has 0 saturated heterocycles. The molecule has 7 nitrogen and oxygen atoms in total. The van der Waals surface area contributed by atoms with E-state index in [1.54, 1.807) is 12.1 Å². The van der Waals surface area contributed by atoms with Crippen LogP contribution in [0.15, 0.2) is 28.7 Å². The van der Waals surface area contributed by atoms with Gasteiger partial charge in [0.05, 0.1) is 4.92 Å². The third-order valence-corrected chi connectivity index (χ3v) is 2.61. The quantitative estimate of drug-likeness (QED) is 0.484. The highest BCUT2D eigenvalue weighted by Gasteiger charge is 2.10. The number of nitrogens with zero attached hydrogens (tertiary/aromatic N) is 3. The molecule has 1 aromatic carbocycles. The maximum absolute atomic E-state index is 10.5. The van der Waals surface area contributed by atoms with Crippen molar-refractivity contribution in [2.24, 2.45) is 0 Å². The van der Waals surface area contributed by atoms with E-state index in [1.165, 1.54) is 12.1 Å². The zero-order chi connectivity index (χ0) is 13.7. The van der Waals surface area contributed by atoms with Gasteiger partial charge in [-0.05, 0) is 32.1 Å². The van der Waals surface area contributed by atoms with Gasteiger partial charge in [-0.25, -0.2) is 0 Å². The number of rotatable bonds is 6. The Morgan fingerprint density at radius 3 is 2.68 bits per heavy atom. The van der Waals surface area contributed by atoms with Gasteiger partial charge in [0, 0.05) is 24.1 Å². The first-order valence-corrected chi connectivity index (χ1v) is 5.92. The minimum absolute atomic E-state index is 0.0394. The molecule has 0 atom stereocenters. The van der Waals surface area contributed by atoms with E-state index in [0.717, 1.165) is 13.0 Å². The summed E-state index contributed by atoms with van der Waals surface area (Å²) in [5.41, 5.74) is 0.718. The second kappa shape index (κ2) is 6.05. The van der Waals surface area contributed by atoms with Crippen molar-refractivity contribution in [3.8, 4) is 11.5 Å². The molecule has 100 valence electrons. The van der Waals surface area contributed by atoms with E-state index in [0.29, 0.717) is 23.8 Å². The summed E-state index contributed by atoms with van der Waals surface area (Å²) >= 11 is 0. The molecule has 1 heterocycles. The lowest BCUT2D eigenvalue weighted by Gasteiger charge is -1.95. The van der Waals surface area contributed by atoms with Crippen LogP contribution in [0.25, 0.3) is 11.5 Å². The van der Waals surface area contributed by atoms with Crippen LogP contribution >= 0.6 is 0 Å². The number of nitro groups is 1. The molecule has 0 fully saturated rings. The lowest BCUT2D eigenvalue weighted by molar-refractivity contribution is -0.384. The first-order valence-electron chi connectivity index (χ1n) is 5.92. The summed E-state index contributed by atoms with van der Waals surface area (Å²) in [6.07, 6.45) is 1.62. The van der Waals surface area contributed by atoms with Crippen LogP contribution in [0.2, 0.25) is 0 Å². The molecule has 7 heteroatoms. The number of aryl methyl sites for hydroxylation is 1. The van der Waals surface area contributed by atoms with Gasteiger partial charge in [-0.3, -0.25) is 10.1 Å². The predicted octanol–water partition coefficient (Wildman–Crippen LogP) is 1.80. The summed E-state index contributed by atoms with van der Waals surface area (Å²) in [6, 6.07) is 6.03. The average molecular weight is 262 g/mol. The van der Waals surface area contributed by atoms with E-state index < -0.39 is 4.92 Å². The fourth-order valence-corrected chi connectivity index (χ4v) is 1.61. The Hall–Kier alpha value is -2.28. The molecule has 2 aromatic rings. The molecule has 0 aliphatic carbocycles. The van der Waals surface area contributed by atoms with E-state index in [9.17, 15) is 10.1 Å². The molecule has 1 aromatic heterocycles. The van der Waals surface area contributed by atoms with Crippen LogP contribution in [0.4, 0.5) is 5.69 Å². The minimum atomic E-state index is -0.444. The highest BCUT2D eigenvalue weighted by molar-refractivity contribution is 5.55. The van der Waals surface area contributed by atoms with Crippen molar-refractivity contribution in [1.29, 1.82) is 0 Å². The van der Waals surface area contributed by atoms with Crippen molar-refractivity contribution < 1.29 is 9.34 Å². The topological polar surface area (TPSA) is 94.1 Å². The van der Waals surface area contributed by atoms with Gasteiger partial charge in [0.2, 0.25) is 11.8 Å². The smallest absolute Gasteiger partial charge is 0.269 e. The largest absolute Gasteiger partial charge is 0.421 e. The van der Waals surface area contributed by atoms with Crippen LogP contribution < -0.4 is 5.32 Å². The van der Waals surface area contributed by atoms with Crippen LogP contribution in [0, 0.1) is 10.1 Å². The summed E-state index contributed by atoms with van der Waals surface area (Å²) in [5, 5.41) is 21.5. The highest BCUT2D eigenvalue weighted by atomic mass is 16.6. The third-order valence-electron chi connectivity index (χ3n) is 2.61. The summed E-state index contributed by atoms with van der Waals surface area (Å²) in [7, 11) is 1.89. The lowest BCUT2D eigenvalue weighted by Crippen LogP contribution is -2.08. The maximum Gasteiger partial charge on any atom is 0.269 e. The van der Waals surface area contributed by atoms with Gasteiger partial charge < -0.3 is 9.73 Å². The van der Waals surface area contributed by atoms with Crippen LogP contribution in [0.3, 0.4) is 0 Å². The van der Waals surface area contributed by atoms with Crippen molar-refractivity contribution in [1.82, 2.24) is 15.5 Å². The first-order chi connectivity index (χ1) is 9.20. The second-order valence-electron chi connectivity index (χ2n) is 4.01. The molecule has 1 N–H and O–H groups in total. The summed E-state index contributed by atoms with van der Waals surface area (Å²) in [4.78, 5) is 10.1. The second-order valence-corrected chi connectivity index (χ2v) is 4.01. The Bertz CT molecular complexity index is 550. The zero-order valence-corrected chi connectivity index (χ0v) is 10.5. The molecule has 0 bridgehead atoms. The predicted molar refractivity (Wildman–Crippen MR) is 68.6 cm³/mol. The average Bonchev–Trinajstić information content (AvgIpc) is 2.88. The normalized spacial score (nSPS) is 10.6. The van der Waals surface area contributed by atoms with Crippen LogP contribution in [-0.4, -0.2) is 28.7 Å². The van der Waals surface area contributed by atoms with Crippen molar-refractivity contribution >= 4 is 5.69 Å². The maximum atomic E-state index is 10.5. The van der Waals surface area contributed by atoms with Crippen molar-refractivity contribution in [2.75, 3.05) is 13.6 Å². The summed E-state index contributed by atoms with van der Waals surface area (Å²) in [5.74, 6) is 0.956. The summed E-state index contributed by atoms with van der Waals surface area (Å²) in [6.45, 7) is 0.884. The number of benzene rings is 1. The van der Waals surface area contributed by atoms with Crippen LogP contribution in [0.1, 0.15) is 12.3 Å². The number of aromatic nitrogens is 2. The van der Waals surface area contributed by atoms with Gasteiger partial charge in [0.15, 0.2) is 0 Å². The van der Waals surface area contributed by atoms with Gasteiger partial charge in [-0.15, -0.1) is 10.2 Å². The fourth-order valence-electron chi connectivity index (χ4n) is 1.61. The molecule has 2 rings (SSSR count). The van der Waals surface area contributed by atoms with Gasteiger partial charge >= 0.3 is 0 Å². The molecule has 0 radical (unpaired) electrons. The molecule has 0 spiro atoms. The number of nitro benzene ring substituents is 1. The lowest BCUT2D eigenvalue weighted by atomic mass is 10.2. The Morgan fingerprint density at radius 1 is 1.32 bits per heavy atom. The third kappa shape index (κ3) is 3.35. The molecular weight excluding hydrogens is 248 g/mol. The van der Waals surface area contributed by atoms with Gasteiger partial charge in [0.1, 0.15) is 0 Å². The molecule has 19 heavy (non-hydrogen) atoms. The van der Waals surface area contributed by atoms with E-state index in [-0.39, 0.29) is 5.69 Å². The van der Waals surface area contributed by atoms with Gasteiger partial charge in [-0.1, -0.05) is 0 Å². The zero-order valence-electron chi connectivity index (χ0n) is 10.5. The fraction of sp³-hybridized carbons (Fsp3) is 0.333. The van der Waals surface area contributed by atoms with Crippen molar-refractivity contribution in [3.63, 3.8) is 0 Å². The highest BCUT2D eigenvalue weighted by Crippen LogP contribution is 2.21. The SMILES string of the molecule is CNCCCc1nnc(-c2ccc([N+](=O)[O-])cc2)o1. The Balaban J connectivity index is 2.07. The number of nitrogens with one attached hydrogen (secondary N) is 1.